The summed E-state index contributed by atoms with van der Waals surface area (Å²) in [5.74, 6) is -0.700. The highest BCUT2D eigenvalue weighted by Gasteiger charge is 2.11. The molecule has 0 radical (unpaired) electrons. The molecule has 0 saturated heterocycles. The Labute approximate surface area is 141 Å². The molecule has 0 spiro atoms. The first-order valence-corrected chi connectivity index (χ1v) is 8.63. The molecular formula is C17H13NO3S2. The summed E-state index contributed by atoms with van der Waals surface area (Å²) in [5, 5.41) is 19.1. The first-order valence-electron chi connectivity index (χ1n) is 6.83. The van der Waals surface area contributed by atoms with Gasteiger partial charge in [0, 0.05) is 4.91 Å². The number of aliphatic carboxylic acids is 1. The second kappa shape index (κ2) is 6.85. The van der Waals surface area contributed by atoms with E-state index in [0.717, 1.165) is 25.7 Å². The summed E-state index contributed by atoms with van der Waals surface area (Å²) in [5.41, 5.74) is 1.79. The van der Waals surface area contributed by atoms with Gasteiger partial charge in [-0.05, 0) is 35.9 Å². The Morgan fingerprint density at radius 2 is 1.91 bits per heavy atom. The molecule has 1 heterocycles. The molecule has 0 atom stereocenters. The molecule has 0 saturated carbocycles. The molecule has 4 nitrogen and oxygen atoms in total. The van der Waals surface area contributed by atoms with E-state index in [-0.39, 0.29) is 11.5 Å². The fourth-order valence-electron chi connectivity index (χ4n) is 2.00. The molecule has 2 N–H and O–H groups in total. The normalized spacial score (nSPS) is 11.7. The summed E-state index contributed by atoms with van der Waals surface area (Å²) in [6.45, 7) is 0. The van der Waals surface area contributed by atoms with Gasteiger partial charge in [-0.15, -0.1) is 23.1 Å². The molecule has 116 valence electrons. The van der Waals surface area contributed by atoms with Crippen LogP contribution in [0.1, 0.15) is 10.6 Å². The second-order valence-electron chi connectivity index (χ2n) is 4.77. The van der Waals surface area contributed by atoms with Crippen molar-refractivity contribution in [3.8, 4) is 5.75 Å². The van der Waals surface area contributed by atoms with E-state index in [1.807, 2.05) is 30.3 Å². The minimum Gasteiger partial charge on any atom is -0.508 e. The van der Waals surface area contributed by atoms with Crippen molar-refractivity contribution in [1.29, 1.82) is 0 Å². The third-order valence-corrected chi connectivity index (χ3v) is 5.26. The van der Waals surface area contributed by atoms with E-state index in [0.29, 0.717) is 0 Å². The summed E-state index contributed by atoms with van der Waals surface area (Å²) < 4.78 is 1.06. The summed E-state index contributed by atoms with van der Waals surface area (Å²) in [7, 11) is 0. The fraction of sp³-hybridized carbons (Fsp3) is 0.0588. The first-order chi connectivity index (χ1) is 11.1. The Bertz CT molecular complexity index is 836. The van der Waals surface area contributed by atoms with Crippen LogP contribution in [0.5, 0.6) is 5.75 Å². The van der Waals surface area contributed by atoms with Gasteiger partial charge in [-0.25, -0.2) is 4.98 Å². The maximum atomic E-state index is 10.9. The fourth-order valence-corrected chi connectivity index (χ4v) is 3.85. The number of thioether (sulfide) groups is 1. The summed E-state index contributed by atoms with van der Waals surface area (Å²) in [6, 6.07) is 14.6. The van der Waals surface area contributed by atoms with Crippen LogP contribution in [0, 0.1) is 0 Å². The van der Waals surface area contributed by atoms with E-state index in [1.54, 1.807) is 24.3 Å². The standard InChI is InChI=1S/C17H13NO3S2/c19-12-7-5-11(6-8-12)9-15(22-10-16(20)21)17-18-13-3-1-2-4-14(13)23-17/h1-9,19H,10H2,(H,20,21)/b15-9-. The molecule has 0 aliphatic rings. The predicted molar refractivity (Wildman–Crippen MR) is 95.7 cm³/mol. The number of hydrogen-bond donors (Lipinski definition) is 2. The zero-order valence-corrected chi connectivity index (χ0v) is 13.6. The lowest BCUT2D eigenvalue weighted by Gasteiger charge is -2.03. The summed E-state index contributed by atoms with van der Waals surface area (Å²) >= 11 is 2.78. The zero-order valence-electron chi connectivity index (χ0n) is 12.0. The minimum absolute atomic E-state index is 0.0279. The number of carboxylic acid groups (broad SMARTS) is 1. The number of para-hydroxylation sites is 1. The van der Waals surface area contributed by atoms with Crippen molar-refractivity contribution >= 4 is 50.3 Å². The Hall–Kier alpha value is -2.31. The smallest absolute Gasteiger partial charge is 0.313 e. The maximum Gasteiger partial charge on any atom is 0.313 e. The highest BCUT2D eigenvalue weighted by atomic mass is 32.2. The largest absolute Gasteiger partial charge is 0.508 e. The third-order valence-electron chi connectivity index (χ3n) is 3.05. The molecule has 3 aromatic rings. The van der Waals surface area contributed by atoms with Crippen molar-refractivity contribution in [2.75, 3.05) is 5.75 Å². The molecule has 1 aromatic heterocycles. The SMILES string of the molecule is O=C(O)CS/C(=C\c1ccc(O)cc1)c1nc2ccccc2s1. The van der Waals surface area contributed by atoms with E-state index in [9.17, 15) is 9.90 Å². The van der Waals surface area contributed by atoms with Crippen LogP contribution in [0.3, 0.4) is 0 Å². The van der Waals surface area contributed by atoms with Gasteiger partial charge in [0.1, 0.15) is 10.8 Å². The van der Waals surface area contributed by atoms with Gasteiger partial charge >= 0.3 is 5.97 Å². The van der Waals surface area contributed by atoms with Crippen LogP contribution in [-0.2, 0) is 4.79 Å². The van der Waals surface area contributed by atoms with Crippen LogP contribution in [0.4, 0.5) is 0 Å². The molecule has 0 aliphatic heterocycles. The van der Waals surface area contributed by atoms with E-state index in [4.69, 9.17) is 5.11 Å². The van der Waals surface area contributed by atoms with Crippen molar-refractivity contribution in [2.45, 2.75) is 0 Å². The molecule has 0 unspecified atom stereocenters. The van der Waals surface area contributed by atoms with Crippen LogP contribution in [0.25, 0.3) is 21.2 Å². The van der Waals surface area contributed by atoms with Gasteiger partial charge < -0.3 is 10.2 Å². The lowest BCUT2D eigenvalue weighted by Crippen LogP contribution is -1.97. The minimum atomic E-state index is -0.868. The number of benzene rings is 2. The molecule has 0 aliphatic carbocycles. The molecule has 3 rings (SSSR count). The maximum absolute atomic E-state index is 10.9. The molecule has 0 amide bonds. The van der Waals surface area contributed by atoms with Crippen LogP contribution < -0.4 is 0 Å². The number of aromatic hydroxyl groups is 1. The number of carboxylic acids is 1. The van der Waals surface area contributed by atoms with Gasteiger partial charge in [0.2, 0.25) is 0 Å². The monoisotopic (exact) mass is 343 g/mol. The lowest BCUT2D eigenvalue weighted by molar-refractivity contribution is -0.133. The Morgan fingerprint density at radius 1 is 1.17 bits per heavy atom. The number of carbonyl (C=O) groups is 1. The van der Waals surface area contributed by atoms with Gasteiger partial charge in [-0.2, -0.15) is 0 Å². The van der Waals surface area contributed by atoms with Gasteiger partial charge in [0.25, 0.3) is 0 Å². The van der Waals surface area contributed by atoms with Crippen LogP contribution in [0.15, 0.2) is 48.5 Å². The van der Waals surface area contributed by atoms with Gasteiger partial charge in [0.05, 0.1) is 16.0 Å². The number of thiazole rings is 1. The van der Waals surface area contributed by atoms with Gasteiger partial charge in [-0.1, -0.05) is 24.3 Å². The van der Waals surface area contributed by atoms with Crippen LogP contribution in [-0.4, -0.2) is 26.9 Å². The number of nitrogens with zero attached hydrogens (tertiary/aromatic N) is 1. The van der Waals surface area contributed by atoms with Crippen molar-refractivity contribution in [1.82, 2.24) is 4.98 Å². The van der Waals surface area contributed by atoms with E-state index < -0.39 is 5.97 Å². The topological polar surface area (TPSA) is 70.4 Å². The predicted octanol–water partition coefficient (Wildman–Crippen LogP) is 4.32. The molecule has 0 bridgehead atoms. The Kier molecular flexibility index (Phi) is 4.64. The van der Waals surface area contributed by atoms with Crippen molar-refractivity contribution in [3.63, 3.8) is 0 Å². The molecule has 2 aromatic carbocycles. The Balaban J connectivity index is 2.00. The highest BCUT2D eigenvalue weighted by molar-refractivity contribution is 8.09. The number of phenolic OH excluding ortho intramolecular Hbond substituents is 1. The number of phenols is 1. The highest BCUT2D eigenvalue weighted by Crippen LogP contribution is 2.35. The number of fused-ring (bicyclic) bond motifs is 1. The molecular weight excluding hydrogens is 330 g/mol. The zero-order chi connectivity index (χ0) is 16.2. The molecule has 0 fully saturated rings. The van der Waals surface area contributed by atoms with Crippen molar-refractivity contribution in [3.05, 3.63) is 59.1 Å². The van der Waals surface area contributed by atoms with Crippen LogP contribution >= 0.6 is 23.1 Å². The van der Waals surface area contributed by atoms with Crippen molar-refractivity contribution < 1.29 is 15.0 Å². The van der Waals surface area contributed by atoms with Gasteiger partial charge in [0.15, 0.2) is 0 Å². The quantitative estimate of drug-likeness (QED) is 0.722. The number of hydrogen-bond acceptors (Lipinski definition) is 5. The summed E-state index contributed by atoms with van der Waals surface area (Å²) in [4.78, 5) is 16.3. The second-order valence-corrected chi connectivity index (χ2v) is 6.82. The third kappa shape index (κ3) is 3.91. The van der Waals surface area contributed by atoms with Crippen molar-refractivity contribution in [2.24, 2.45) is 0 Å². The van der Waals surface area contributed by atoms with Crippen LogP contribution in [0.2, 0.25) is 0 Å². The van der Waals surface area contributed by atoms with E-state index in [1.165, 1.54) is 23.1 Å². The lowest BCUT2D eigenvalue weighted by atomic mass is 10.2. The number of aromatic nitrogens is 1. The Morgan fingerprint density at radius 3 is 2.61 bits per heavy atom. The van der Waals surface area contributed by atoms with E-state index in [2.05, 4.69) is 4.98 Å². The van der Waals surface area contributed by atoms with E-state index >= 15 is 0 Å². The molecule has 6 heteroatoms. The average Bonchev–Trinajstić information content (AvgIpc) is 2.97. The molecule has 23 heavy (non-hydrogen) atoms. The first kappa shape index (κ1) is 15.6. The average molecular weight is 343 g/mol. The number of rotatable bonds is 5. The summed E-state index contributed by atoms with van der Waals surface area (Å²) in [6.07, 6.45) is 1.89. The van der Waals surface area contributed by atoms with Gasteiger partial charge in [-0.3, -0.25) is 4.79 Å².